The summed E-state index contributed by atoms with van der Waals surface area (Å²) >= 11 is 0. The molecule has 0 bridgehead atoms. The van der Waals surface area contributed by atoms with Crippen LogP contribution in [0.25, 0.3) is 0 Å². The number of nitrogens with zero attached hydrogens (tertiary/aromatic N) is 1. The van der Waals surface area contributed by atoms with Crippen molar-refractivity contribution in [3.63, 3.8) is 0 Å². The Morgan fingerprint density at radius 1 is 1.16 bits per heavy atom. The minimum absolute atomic E-state index is 0.250. The summed E-state index contributed by atoms with van der Waals surface area (Å²) in [4.78, 5) is 39.5. The summed E-state index contributed by atoms with van der Waals surface area (Å²) in [5, 5.41) is 14.6. The van der Waals surface area contributed by atoms with Gasteiger partial charge in [-0.25, -0.2) is 10.3 Å². The summed E-state index contributed by atoms with van der Waals surface area (Å²) in [5.74, 6) is -0.673. The van der Waals surface area contributed by atoms with E-state index in [0.717, 1.165) is 31.2 Å². The third-order valence-electron chi connectivity index (χ3n) is 5.64. The zero-order valence-electron chi connectivity index (χ0n) is 19.0. The van der Waals surface area contributed by atoms with Gasteiger partial charge in [0.05, 0.1) is 0 Å². The minimum atomic E-state index is -0.840. The van der Waals surface area contributed by atoms with Gasteiger partial charge in [0.2, 0.25) is 5.91 Å². The van der Waals surface area contributed by atoms with Gasteiger partial charge in [-0.15, -0.1) is 0 Å². The fourth-order valence-electron chi connectivity index (χ4n) is 3.97. The molecule has 0 aromatic heterocycles. The summed E-state index contributed by atoms with van der Waals surface area (Å²) < 4.78 is 0. The first-order valence-corrected chi connectivity index (χ1v) is 11.0. The maximum Gasteiger partial charge on any atom is 0.319 e. The second-order valence-electron chi connectivity index (χ2n) is 9.52. The molecule has 0 spiro atoms. The van der Waals surface area contributed by atoms with Gasteiger partial charge in [-0.2, -0.15) is 0 Å². The van der Waals surface area contributed by atoms with E-state index in [1.165, 1.54) is 11.3 Å². The molecule has 4 N–H and O–H groups in total. The molecule has 1 aromatic carbocycles. The lowest BCUT2D eigenvalue weighted by molar-refractivity contribution is -0.142. The van der Waals surface area contributed by atoms with Gasteiger partial charge in [0.1, 0.15) is 12.6 Å². The Hall–Kier alpha value is -2.61. The van der Waals surface area contributed by atoms with Gasteiger partial charge < -0.3 is 15.5 Å². The first-order chi connectivity index (χ1) is 14.6. The van der Waals surface area contributed by atoms with Crippen LogP contribution >= 0.6 is 0 Å². The summed E-state index contributed by atoms with van der Waals surface area (Å²) in [6, 6.07) is 6.07. The third-order valence-corrected chi connectivity index (χ3v) is 5.64. The van der Waals surface area contributed by atoms with Gasteiger partial charge >= 0.3 is 6.03 Å². The molecule has 8 nitrogen and oxygen atoms in total. The molecule has 0 radical (unpaired) electrons. The maximum atomic E-state index is 13.5. The minimum Gasteiger partial charge on any atom is -0.331 e. The number of urea groups is 1. The van der Waals surface area contributed by atoms with Crippen molar-refractivity contribution in [3.05, 3.63) is 29.8 Å². The Labute approximate surface area is 184 Å². The summed E-state index contributed by atoms with van der Waals surface area (Å²) in [7, 11) is 0. The Bertz CT molecular complexity index is 769. The highest BCUT2D eigenvalue weighted by Gasteiger charge is 2.37. The normalized spacial score (nSPS) is 15.6. The fourth-order valence-corrected chi connectivity index (χ4v) is 3.97. The lowest BCUT2D eigenvalue weighted by Crippen LogP contribution is -2.57. The van der Waals surface area contributed by atoms with Crippen molar-refractivity contribution in [2.24, 2.45) is 11.3 Å². The van der Waals surface area contributed by atoms with E-state index in [9.17, 15) is 14.4 Å². The predicted octanol–water partition coefficient (Wildman–Crippen LogP) is 3.45. The van der Waals surface area contributed by atoms with Crippen LogP contribution in [0.4, 0.5) is 10.5 Å². The number of hydroxylamine groups is 1. The van der Waals surface area contributed by atoms with Crippen molar-refractivity contribution >= 4 is 23.5 Å². The molecular weight excluding hydrogens is 396 g/mol. The lowest BCUT2D eigenvalue weighted by Gasteiger charge is -2.36. The van der Waals surface area contributed by atoms with Crippen LogP contribution in [-0.2, 0) is 9.59 Å². The Kier molecular flexibility index (Phi) is 8.86. The van der Waals surface area contributed by atoms with Crippen molar-refractivity contribution in [2.75, 3.05) is 18.4 Å². The van der Waals surface area contributed by atoms with E-state index in [1.54, 1.807) is 11.5 Å². The van der Waals surface area contributed by atoms with Crippen LogP contribution in [0, 0.1) is 18.3 Å². The average molecular weight is 433 g/mol. The second kappa shape index (κ2) is 11.1. The molecule has 8 heteroatoms. The van der Waals surface area contributed by atoms with Crippen LogP contribution in [0.15, 0.2) is 24.3 Å². The summed E-state index contributed by atoms with van der Waals surface area (Å²) in [6.45, 7) is 7.72. The number of carbonyl (C=O) groups excluding carboxylic acids is 3. The van der Waals surface area contributed by atoms with Gasteiger partial charge in [-0.05, 0) is 48.8 Å². The molecule has 2 rings (SSSR count). The molecule has 0 heterocycles. The molecular formula is C23H36N4O4. The van der Waals surface area contributed by atoms with Crippen molar-refractivity contribution in [1.29, 1.82) is 0 Å². The molecule has 4 amide bonds. The van der Waals surface area contributed by atoms with E-state index in [-0.39, 0.29) is 12.5 Å². The number of amides is 4. The van der Waals surface area contributed by atoms with Crippen LogP contribution in [-0.4, -0.2) is 47.1 Å². The first kappa shape index (κ1) is 24.7. The smallest absolute Gasteiger partial charge is 0.319 e. The van der Waals surface area contributed by atoms with Crippen LogP contribution in [0.2, 0.25) is 0 Å². The molecule has 0 aliphatic heterocycles. The number of hydrogen-bond acceptors (Lipinski definition) is 4. The highest BCUT2D eigenvalue weighted by molar-refractivity contribution is 5.95. The monoisotopic (exact) mass is 432 g/mol. The Morgan fingerprint density at radius 3 is 2.42 bits per heavy atom. The van der Waals surface area contributed by atoms with Crippen molar-refractivity contribution < 1.29 is 19.6 Å². The molecule has 1 saturated carbocycles. The number of anilines is 1. The van der Waals surface area contributed by atoms with E-state index < -0.39 is 23.4 Å². The number of aryl methyl sites for hydroxylation is 1. The van der Waals surface area contributed by atoms with E-state index in [2.05, 4.69) is 10.6 Å². The molecule has 1 atom stereocenters. The Morgan fingerprint density at radius 2 is 1.84 bits per heavy atom. The summed E-state index contributed by atoms with van der Waals surface area (Å²) in [5.41, 5.74) is 2.67. The number of rotatable bonds is 7. The predicted molar refractivity (Wildman–Crippen MR) is 120 cm³/mol. The van der Waals surface area contributed by atoms with Gasteiger partial charge in [0.25, 0.3) is 5.91 Å². The van der Waals surface area contributed by atoms with Gasteiger partial charge in [0.15, 0.2) is 0 Å². The zero-order chi connectivity index (χ0) is 23.0. The first-order valence-electron chi connectivity index (χ1n) is 11.0. The maximum absolute atomic E-state index is 13.5. The van der Waals surface area contributed by atoms with Gasteiger partial charge in [0, 0.05) is 12.2 Å². The van der Waals surface area contributed by atoms with Gasteiger partial charge in [-0.1, -0.05) is 52.2 Å². The number of carbonyl (C=O) groups is 3. The molecule has 1 aliphatic carbocycles. The SMILES string of the molecule is Cc1cccc(NC(=O)N[C@H](C(=O)N(CC(=O)NO)CC2CCCCC2)C(C)(C)C)c1. The van der Waals surface area contributed by atoms with Gasteiger partial charge in [-0.3, -0.25) is 14.8 Å². The van der Waals surface area contributed by atoms with Crippen LogP contribution in [0.5, 0.6) is 0 Å². The number of hydrogen-bond donors (Lipinski definition) is 4. The highest BCUT2D eigenvalue weighted by atomic mass is 16.5. The van der Waals surface area contributed by atoms with Crippen LogP contribution < -0.4 is 16.1 Å². The molecule has 31 heavy (non-hydrogen) atoms. The largest absolute Gasteiger partial charge is 0.331 e. The van der Waals surface area contributed by atoms with E-state index in [4.69, 9.17) is 5.21 Å². The van der Waals surface area contributed by atoms with E-state index in [0.29, 0.717) is 18.2 Å². The molecule has 0 saturated heterocycles. The number of benzene rings is 1. The van der Waals surface area contributed by atoms with Crippen molar-refractivity contribution in [2.45, 2.75) is 65.8 Å². The number of nitrogens with one attached hydrogen (secondary N) is 3. The van der Waals surface area contributed by atoms with E-state index >= 15 is 0 Å². The fraction of sp³-hybridized carbons (Fsp3) is 0.609. The van der Waals surface area contributed by atoms with Crippen LogP contribution in [0.1, 0.15) is 58.4 Å². The van der Waals surface area contributed by atoms with Crippen LogP contribution in [0.3, 0.4) is 0 Å². The molecule has 172 valence electrons. The van der Waals surface area contributed by atoms with Crippen molar-refractivity contribution in [3.8, 4) is 0 Å². The standard InChI is InChI=1S/C23H36N4O4/c1-16-9-8-12-18(13-16)24-22(30)25-20(23(2,3)4)21(29)27(15-19(28)26-31)14-17-10-6-5-7-11-17/h8-9,12-13,17,20,31H,5-7,10-11,14-15H2,1-4H3,(H,26,28)(H2,24,25,30)/t20-/m1/s1. The second-order valence-corrected chi connectivity index (χ2v) is 9.52. The molecule has 0 unspecified atom stereocenters. The quantitative estimate of drug-likeness (QED) is 0.391. The van der Waals surface area contributed by atoms with Crippen molar-refractivity contribution in [1.82, 2.24) is 15.7 Å². The molecule has 1 fully saturated rings. The summed E-state index contributed by atoms with van der Waals surface area (Å²) in [6.07, 6.45) is 5.42. The van der Waals surface area contributed by atoms with E-state index in [1.807, 2.05) is 45.9 Å². The highest BCUT2D eigenvalue weighted by Crippen LogP contribution is 2.26. The average Bonchev–Trinajstić information content (AvgIpc) is 2.71. The lowest BCUT2D eigenvalue weighted by atomic mass is 9.84. The molecule has 1 aliphatic rings. The topological polar surface area (TPSA) is 111 Å². The zero-order valence-corrected chi connectivity index (χ0v) is 19.0. The Balaban J connectivity index is 2.16. The molecule has 1 aromatic rings. The third kappa shape index (κ3) is 7.86.